The van der Waals surface area contributed by atoms with Crippen LogP contribution in [0.4, 0.5) is 0 Å². The third-order valence-electron chi connectivity index (χ3n) is 2.04. The van der Waals surface area contributed by atoms with Crippen molar-refractivity contribution in [3.05, 3.63) is 60.2 Å². The lowest BCUT2D eigenvalue weighted by Gasteiger charge is -2.03. The summed E-state index contributed by atoms with van der Waals surface area (Å²) in [5, 5.41) is 19.5. The Morgan fingerprint density at radius 3 is 1.50 bits per heavy atom. The van der Waals surface area contributed by atoms with Gasteiger partial charge in [-0.05, 0) is 24.3 Å². The molecule has 0 spiro atoms. The molecule has 4 heteroatoms. The van der Waals surface area contributed by atoms with E-state index in [4.69, 9.17) is 0 Å². The van der Waals surface area contributed by atoms with Crippen LogP contribution in [0.5, 0.6) is 0 Å². The molecule has 0 bridgehead atoms. The van der Waals surface area contributed by atoms with Crippen LogP contribution >= 0.6 is 0 Å². The third-order valence-corrected chi connectivity index (χ3v) is 2.04. The van der Waals surface area contributed by atoms with E-state index in [1.54, 1.807) is 36.4 Å². The first-order valence-corrected chi connectivity index (χ1v) is 4.74. The van der Waals surface area contributed by atoms with E-state index < -0.39 is 0 Å². The molecule has 0 amide bonds. The van der Waals surface area contributed by atoms with Crippen LogP contribution < -0.4 is 0 Å². The summed E-state index contributed by atoms with van der Waals surface area (Å²) in [7, 11) is 0. The number of hydrogen-bond acceptors (Lipinski definition) is 4. The van der Waals surface area contributed by atoms with Gasteiger partial charge in [-0.1, -0.05) is 12.1 Å². The molecule has 0 aliphatic carbocycles. The van der Waals surface area contributed by atoms with E-state index in [0.29, 0.717) is 11.4 Å². The Morgan fingerprint density at radius 1 is 0.750 bits per heavy atom. The Hall–Kier alpha value is -2.36. The predicted octanol–water partition coefficient (Wildman–Crippen LogP) is 2.42. The smallest absolute Gasteiger partial charge is 0.186 e. The van der Waals surface area contributed by atoms with E-state index in [2.05, 4.69) is 9.97 Å². The monoisotopic (exact) mass is 214 g/mol. The zero-order valence-corrected chi connectivity index (χ0v) is 8.41. The van der Waals surface area contributed by atoms with Gasteiger partial charge in [-0.25, -0.2) is 0 Å². The van der Waals surface area contributed by atoms with Crippen LogP contribution in [0, 0.1) is 0 Å². The van der Waals surface area contributed by atoms with Crippen LogP contribution in [-0.2, 0) is 0 Å². The second kappa shape index (κ2) is 4.44. The van der Waals surface area contributed by atoms with Gasteiger partial charge in [-0.2, -0.15) is 0 Å². The summed E-state index contributed by atoms with van der Waals surface area (Å²) >= 11 is 0. The maximum absolute atomic E-state index is 9.77. The van der Waals surface area contributed by atoms with Crippen LogP contribution in [0.1, 0.15) is 11.4 Å². The van der Waals surface area contributed by atoms with Crippen molar-refractivity contribution >= 4 is 11.5 Å². The summed E-state index contributed by atoms with van der Waals surface area (Å²) in [6.07, 6.45) is 3.08. The number of nitrogens with zero attached hydrogens (tertiary/aromatic N) is 2. The van der Waals surface area contributed by atoms with E-state index in [1.165, 1.54) is 12.4 Å². The average molecular weight is 214 g/mol. The molecule has 0 aromatic carbocycles. The lowest BCUT2D eigenvalue weighted by molar-refractivity contribution is 0.456. The third kappa shape index (κ3) is 2.00. The first-order valence-electron chi connectivity index (χ1n) is 4.74. The van der Waals surface area contributed by atoms with Crippen molar-refractivity contribution in [3.8, 4) is 0 Å². The molecule has 80 valence electrons. The van der Waals surface area contributed by atoms with Gasteiger partial charge in [0.25, 0.3) is 0 Å². The summed E-state index contributed by atoms with van der Waals surface area (Å²) < 4.78 is 0. The highest BCUT2D eigenvalue weighted by Gasteiger charge is 2.10. The largest absolute Gasteiger partial charge is 0.503 e. The standard InChI is InChI=1S/C12H10N2O2/c15-11(9-5-1-3-7-13-9)12(16)10-6-2-4-8-14-10/h1-8,15-16H/b12-11+. The zero-order valence-electron chi connectivity index (χ0n) is 8.41. The lowest BCUT2D eigenvalue weighted by Crippen LogP contribution is -1.95. The van der Waals surface area contributed by atoms with Crippen LogP contribution in [0.25, 0.3) is 11.5 Å². The molecule has 0 atom stereocenters. The van der Waals surface area contributed by atoms with Crippen molar-refractivity contribution in [2.45, 2.75) is 0 Å². The minimum Gasteiger partial charge on any atom is -0.503 e. The van der Waals surface area contributed by atoms with Gasteiger partial charge in [0.1, 0.15) is 11.4 Å². The topological polar surface area (TPSA) is 66.2 Å². The number of aromatic nitrogens is 2. The normalized spacial score (nSPS) is 12.0. The van der Waals surface area contributed by atoms with E-state index in [-0.39, 0.29) is 11.5 Å². The van der Waals surface area contributed by atoms with E-state index >= 15 is 0 Å². The van der Waals surface area contributed by atoms with Crippen molar-refractivity contribution in [2.75, 3.05) is 0 Å². The van der Waals surface area contributed by atoms with Gasteiger partial charge in [0, 0.05) is 12.4 Å². The molecule has 4 nitrogen and oxygen atoms in total. The molecule has 2 aromatic rings. The van der Waals surface area contributed by atoms with Gasteiger partial charge in [-0.3, -0.25) is 9.97 Å². The summed E-state index contributed by atoms with van der Waals surface area (Å²) in [5.41, 5.74) is 0.622. The molecule has 0 saturated heterocycles. The molecule has 0 radical (unpaired) electrons. The molecule has 0 aliphatic rings. The van der Waals surface area contributed by atoms with Crippen LogP contribution in [-0.4, -0.2) is 20.2 Å². The number of aliphatic hydroxyl groups is 2. The van der Waals surface area contributed by atoms with Crippen LogP contribution in [0.2, 0.25) is 0 Å². The molecule has 2 N–H and O–H groups in total. The maximum Gasteiger partial charge on any atom is 0.186 e. The van der Waals surface area contributed by atoms with E-state index in [9.17, 15) is 10.2 Å². The van der Waals surface area contributed by atoms with Gasteiger partial charge in [0.05, 0.1) is 0 Å². The summed E-state index contributed by atoms with van der Waals surface area (Å²) in [4.78, 5) is 7.86. The molecule has 0 saturated carbocycles. The Balaban J connectivity index is 2.43. The Labute approximate surface area is 92.6 Å². The Kier molecular flexibility index (Phi) is 2.82. The van der Waals surface area contributed by atoms with Crippen molar-refractivity contribution in [1.82, 2.24) is 9.97 Å². The average Bonchev–Trinajstić information content (AvgIpc) is 2.39. The van der Waals surface area contributed by atoms with Crippen LogP contribution in [0.15, 0.2) is 48.8 Å². The molecular weight excluding hydrogens is 204 g/mol. The minimum absolute atomic E-state index is 0.278. The quantitative estimate of drug-likeness (QED) is 0.753. The number of hydrogen-bond donors (Lipinski definition) is 2. The molecule has 0 aliphatic heterocycles. The molecule has 2 aromatic heterocycles. The highest BCUT2D eigenvalue weighted by Crippen LogP contribution is 2.18. The molecule has 2 heterocycles. The first-order chi connectivity index (χ1) is 7.79. The molecule has 16 heavy (non-hydrogen) atoms. The fourth-order valence-electron chi connectivity index (χ4n) is 1.25. The molecule has 0 fully saturated rings. The van der Waals surface area contributed by atoms with Gasteiger partial charge in [-0.15, -0.1) is 0 Å². The van der Waals surface area contributed by atoms with Gasteiger partial charge in [0.2, 0.25) is 0 Å². The summed E-state index contributed by atoms with van der Waals surface area (Å²) in [6.45, 7) is 0. The first kappa shape index (κ1) is 10.2. The van der Waals surface area contributed by atoms with Crippen molar-refractivity contribution in [1.29, 1.82) is 0 Å². The number of aliphatic hydroxyl groups excluding tert-OH is 2. The van der Waals surface area contributed by atoms with Crippen molar-refractivity contribution in [3.63, 3.8) is 0 Å². The van der Waals surface area contributed by atoms with Crippen LogP contribution in [0.3, 0.4) is 0 Å². The fourth-order valence-corrected chi connectivity index (χ4v) is 1.25. The van der Waals surface area contributed by atoms with Gasteiger partial charge >= 0.3 is 0 Å². The van der Waals surface area contributed by atoms with Gasteiger partial charge in [0.15, 0.2) is 11.5 Å². The highest BCUT2D eigenvalue weighted by molar-refractivity contribution is 5.79. The van der Waals surface area contributed by atoms with Crippen molar-refractivity contribution in [2.24, 2.45) is 0 Å². The SMILES string of the molecule is O/C(=C(/O)c1ccccn1)c1ccccn1. The molecular formula is C12H10N2O2. The molecule has 2 rings (SSSR count). The number of pyridine rings is 2. The second-order valence-corrected chi connectivity index (χ2v) is 3.13. The van der Waals surface area contributed by atoms with E-state index in [1.807, 2.05) is 0 Å². The predicted molar refractivity (Wildman–Crippen MR) is 60.5 cm³/mol. The Morgan fingerprint density at radius 2 is 1.19 bits per heavy atom. The van der Waals surface area contributed by atoms with Crippen molar-refractivity contribution < 1.29 is 10.2 Å². The summed E-state index contributed by atoms with van der Waals surface area (Å²) in [5.74, 6) is -0.557. The summed E-state index contributed by atoms with van der Waals surface area (Å²) in [6, 6.07) is 10.1. The number of rotatable bonds is 2. The minimum atomic E-state index is -0.278. The van der Waals surface area contributed by atoms with E-state index in [0.717, 1.165) is 0 Å². The second-order valence-electron chi connectivity index (χ2n) is 3.13. The maximum atomic E-state index is 9.77. The Bertz CT molecular complexity index is 447. The lowest BCUT2D eigenvalue weighted by atomic mass is 10.2. The molecule has 0 unspecified atom stereocenters. The highest BCUT2D eigenvalue weighted by atomic mass is 16.3. The fraction of sp³-hybridized carbons (Fsp3) is 0. The van der Waals surface area contributed by atoms with Gasteiger partial charge < -0.3 is 10.2 Å². The zero-order chi connectivity index (χ0) is 11.4.